The number of nitrogens with zero attached hydrogens (tertiary/aromatic N) is 2. The summed E-state index contributed by atoms with van der Waals surface area (Å²) in [6.45, 7) is 0. The van der Waals surface area contributed by atoms with Crippen LogP contribution in [0, 0.1) is 5.92 Å². The molecule has 0 aliphatic heterocycles. The summed E-state index contributed by atoms with van der Waals surface area (Å²) in [4.78, 5) is 0. The molecule has 2 heterocycles. The second-order valence-corrected chi connectivity index (χ2v) is 14.4. The van der Waals surface area contributed by atoms with Gasteiger partial charge in [-0.05, 0) is 75.9 Å². The molecular weight excluding hydrogens is 617 g/mol. The van der Waals surface area contributed by atoms with Crippen molar-refractivity contribution in [1.29, 1.82) is 0 Å². The van der Waals surface area contributed by atoms with Crippen molar-refractivity contribution in [3.05, 3.63) is 204 Å². The minimum absolute atomic E-state index is 0.173. The molecule has 9 aromatic rings. The van der Waals surface area contributed by atoms with Crippen molar-refractivity contribution in [2.45, 2.75) is 11.3 Å². The molecule has 3 aliphatic carbocycles. The number of rotatable bonds is 2. The van der Waals surface area contributed by atoms with E-state index in [1.807, 2.05) is 0 Å². The summed E-state index contributed by atoms with van der Waals surface area (Å²) in [5, 5.41) is 5.16. The lowest BCUT2D eigenvalue weighted by Crippen LogP contribution is -2.33. The number of aromatic nitrogens is 2. The van der Waals surface area contributed by atoms with Gasteiger partial charge in [0.25, 0.3) is 0 Å². The molecule has 1 spiro atoms. The number of fused-ring (bicyclic) bond motifs is 16. The van der Waals surface area contributed by atoms with E-state index in [9.17, 15) is 0 Å². The molecule has 0 N–H and O–H groups in total. The van der Waals surface area contributed by atoms with Crippen LogP contribution in [0.5, 0.6) is 0 Å². The maximum Gasteiger partial charge on any atom is 0.0541 e. The van der Waals surface area contributed by atoms with Crippen molar-refractivity contribution in [1.82, 2.24) is 9.13 Å². The number of hydrogen-bond acceptors (Lipinski definition) is 0. The summed E-state index contributed by atoms with van der Waals surface area (Å²) in [6.07, 6.45) is 7.53. The third kappa shape index (κ3) is 3.38. The molecule has 0 fully saturated rings. The fourth-order valence-electron chi connectivity index (χ4n) is 10.3. The van der Waals surface area contributed by atoms with Gasteiger partial charge >= 0.3 is 0 Å². The van der Waals surface area contributed by atoms with E-state index in [-0.39, 0.29) is 17.3 Å². The van der Waals surface area contributed by atoms with Crippen LogP contribution < -0.4 is 0 Å². The minimum atomic E-state index is -0.286. The van der Waals surface area contributed by atoms with E-state index >= 15 is 0 Å². The molecule has 0 amide bonds. The lowest BCUT2D eigenvalue weighted by atomic mass is 9.65. The molecule has 238 valence electrons. The monoisotopic (exact) mass is 648 g/mol. The van der Waals surface area contributed by atoms with Crippen LogP contribution >= 0.6 is 0 Å². The summed E-state index contributed by atoms with van der Waals surface area (Å²) in [5.74, 6) is 0.398. The second-order valence-electron chi connectivity index (χ2n) is 14.4. The van der Waals surface area contributed by atoms with Crippen molar-refractivity contribution in [2.75, 3.05) is 0 Å². The lowest BCUT2D eigenvalue weighted by Gasteiger charge is -2.36. The number of allylic oxidation sites excluding steroid dienone is 4. The van der Waals surface area contributed by atoms with Gasteiger partial charge in [-0.25, -0.2) is 0 Å². The van der Waals surface area contributed by atoms with Crippen LogP contribution in [0.25, 0.3) is 66.1 Å². The Balaban J connectivity index is 1.16. The van der Waals surface area contributed by atoms with Crippen molar-refractivity contribution < 1.29 is 0 Å². The molecule has 7 aromatic carbocycles. The van der Waals surface area contributed by atoms with Gasteiger partial charge in [0.1, 0.15) is 0 Å². The van der Waals surface area contributed by atoms with Crippen LogP contribution in [0.4, 0.5) is 0 Å². The fraction of sp³-hybridized carbons (Fsp3) is 0.0612. The molecule has 2 unspecified atom stereocenters. The normalized spacial score (nSPS) is 18.0. The largest absolute Gasteiger partial charge is 0.310 e. The predicted octanol–water partition coefficient (Wildman–Crippen LogP) is 12.0. The minimum Gasteiger partial charge on any atom is -0.310 e. The van der Waals surface area contributed by atoms with E-state index < -0.39 is 0 Å². The first-order valence-electron chi connectivity index (χ1n) is 18.0. The van der Waals surface area contributed by atoms with Crippen LogP contribution in [-0.4, -0.2) is 9.13 Å². The summed E-state index contributed by atoms with van der Waals surface area (Å²) < 4.78 is 4.95. The topological polar surface area (TPSA) is 9.86 Å². The zero-order valence-electron chi connectivity index (χ0n) is 27.9. The molecule has 0 saturated heterocycles. The Morgan fingerprint density at radius 1 is 0.431 bits per heavy atom. The van der Waals surface area contributed by atoms with E-state index in [0.29, 0.717) is 0 Å². The van der Waals surface area contributed by atoms with Gasteiger partial charge in [-0.3, -0.25) is 0 Å². The quantitative estimate of drug-likeness (QED) is 0.177. The summed E-state index contributed by atoms with van der Waals surface area (Å²) in [7, 11) is 0. The summed E-state index contributed by atoms with van der Waals surface area (Å²) >= 11 is 0. The van der Waals surface area contributed by atoms with E-state index in [0.717, 1.165) is 0 Å². The van der Waals surface area contributed by atoms with E-state index in [1.54, 1.807) is 0 Å². The SMILES string of the molecule is C1=CC2C(C=C1n1c3ccccc3c3ccccc31)c1cc(-n3c4ccccc4c4ccccc43)ccc1C21c2ccccc2-c2ccccc21. The predicted molar refractivity (Wildman–Crippen MR) is 212 cm³/mol. The first-order valence-corrected chi connectivity index (χ1v) is 18.0. The Morgan fingerprint density at radius 2 is 0.902 bits per heavy atom. The van der Waals surface area contributed by atoms with Gasteiger partial charge in [0.05, 0.1) is 27.5 Å². The average molecular weight is 649 g/mol. The Morgan fingerprint density at radius 3 is 1.45 bits per heavy atom. The van der Waals surface area contributed by atoms with Crippen molar-refractivity contribution in [3.63, 3.8) is 0 Å². The van der Waals surface area contributed by atoms with Crippen LogP contribution in [-0.2, 0) is 5.41 Å². The highest BCUT2D eigenvalue weighted by molar-refractivity contribution is 6.11. The molecule has 2 nitrogen and oxygen atoms in total. The first kappa shape index (κ1) is 27.4. The highest BCUT2D eigenvalue weighted by atomic mass is 15.0. The number of hydrogen-bond donors (Lipinski definition) is 0. The third-order valence-electron chi connectivity index (χ3n) is 12.2. The van der Waals surface area contributed by atoms with E-state index in [1.165, 1.54) is 88.4 Å². The molecule has 0 radical (unpaired) electrons. The maximum atomic E-state index is 2.58. The Hall–Kier alpha value is -6.38. The Kier molecular flexibility index (Phi) is 5.31. The number of benzene rings is 7. The van der Waals surface area contributed by atoms with Crippen LogP contribution in [0.15, 0.2) is 182 Å². The fourth-order valence-corrected chi connectivity index (χ4v) is 10.3. The molecule has 2 heteroatoms. The third-order valence-corrected chi connectivity index (χ3v) is 12.2. The molecule has 12 rings (SSSR count). The Bertz CT molecular complexity index is 2850. The summed E-state index contributed by atoms with van der Waals surface area (Å²) in [6, 6.07) is 61.0. The highest BCUT2D eigenvalue weighted by Crippen LogP contribution is 2.65. The lowest BCUT2D eigenvalue weighted by molar-refractivity contribution is 0.466. The van der Waals surface area contributed by atoms with Gasteiger partial charge in [0, 0.05) is 44.8 Å². The van der Waals surface area contributed by atoms with E-state index in [2.05, 4.69) is 191 Å². The van der Waals surface area contributed by atoms with Gasteiger partial charge < -0.3 is 9.13 Å². The summed E-state index contributed by atoms with van der Waals surface area (Å²) in [5.41, 5.74) is 15.5. The Labute approximate surface area is 295 Å². The molecule has 0 bridgehead atoms. The zero-order chi connectivity index (χ0) is 33.3. The van der Waals surface area contributed by atoms with Crippen molar-refractivity contribution >= 4 is 49.3 Å². The smallest absolute Gasteiger partial charge is 0.0541 e. The van der Waals surface area contributed by atoms with Gasteiger partial charge in [0.15, 0.2) is 0 Å². The van der Waals surface area contributed by atoms with Crippen LogP contribution in [0.3, 0.4) is 0 Å². The highest BCUT2D eigenvalue weighted by Gasteiger charge is 2.57. The van der Waals surface area contributed by atoms with Crippen molar-refractivity contribution in [2.24, 2.45) is 5.92 Å². The second kappa shape index (κ2) is 9.87. The first-order chi connectivity index (χ1) is 25.3. The van der Waals surface area contributed by atoms with Crippen LogP contribution in [0.2, 0.25) is 0 Å². The standard InChI is InChI=1S/C49H32N2/c1-7-19-41-33(13-1)34-14-2-8-20-42(34)49(41)43-27-25-31(50-45-21-9-3-15-35(45)36-16-4-10-22-46(36)50)29-39(43)40-30-32(26-28-44(40)49)51-47-23-11-5-17-37(47)38-18-6-12-24-48(38)51/h1-30,39,43H. The van der Waals surface area contributed by atoms with Gasteiger partial charge in [0.2, 0.25) is 0 Å². The zero-order valence-corrected chi connectivity index (χ0v) is 27.9. The van der Waals surface area contributed by atoms with Crippen molar-refractivity contribution in [3.8, 4) is 16.8 Å². The van der Waals surface area contributed by atoms with Crippen LogP contribution in [0.1, 0.15) is 28.2 Å². The average Bonchev–Trinajstić information content (AvgIpc) is 3.90. The molecule has 2 aromatic heterocycles. The molecule has 0 saturated carbocycles. The molecule has 2 atom stereocenters. The van der Waals surface area contributed by atoms with Gasteiger partial charge in [-0.1, -0.05) is 140 Å². The number of para-hydroxylation sites is 4. The van der Waals surface area contributed by atoms with E-state index in [4.69, 9.17) is 0 Å². The van der Waals surface area contributed by atoms with Gasteiger partial charge in [-0.2, -0.15) is 0 Å². The van der Waals surface area contributed by atoms with Gasteiger partial charge in [-0.15, -0.1) is 0 Å². The molecular formula is C49H32N2. The molecule has 51 heavy (non-hydrogen) atoms. The maximum absolute atomic E-state index is 2.58. The molecule has 3 aliphatic rings.